The van der Waals surface area contributed by atoms with Gasteiger partial charge in [-0.3, -0.25) is 4.79 Å². The molecule has 11 heavy (non-hydrogen) atoms. The molecule has 0 aromatic heterocycles. The second-order valence-electron chi connectivity index (χ2n) is 2.46. The lowest BCUT2D eigenvalue weighted by Crippen LogP contribution is -2.17. The minimum atomic E-state index is 0.0780. The van der Waals surface area contributed by atoms with Crippen molar-refractivity contribution in [3.05, 3.63) is 23.7 Å². The fourth-order valence-electron chi connectivity index (χ4n) is 1.13. The third kappa shape index (κ3) is 1.13. The van der Waals surface area contributed by atoms with Crippen LogP contribution in [-0.2, 0) is 14.3 Å². The number of hydrogen-bond acceptors (Lipinski definition) is 3. The van der Waals surface area contributed by atoms with Crippen molar-refractivity contribution in [1.29, 1.82) is 0 Å². The number of carbonyl (C=O) groups excluding carboxylic acids is 1. The molecule has 0 atom stereocenters. The molecule has 0 saturated carbocycles. The molecule has 0 saturated heterocycles. The van der Waals surface area contributed by atoms with Gasteiger partial charge in [0.15, 0.2) is 11.5 Å². The van der Waals surface area contributed by atoms with Gasteiger partial charge in [0.2, 0.25) is 0 Å². The third-order valence-electron chi connectivity index (χ3n) is 1.65. The SMILES string of the molecule is O=C1C=CC2=C(C1)OCCO2. The minimum absolute atomic E-state index is 0.0780. The van der Waals surface area contributed by atoms with Crippen molar-refractivity contribution in [3.63, 3.8) is 0 Å². The highest BCUT2D eigenvalue weighted by Gasteiger charge is 2.19. The van der Waals surface area contributed by atoms with Crippen LogP contribution in [0.5, 0.6) is 0 Å². The molecule has 2 aliphatic rings. The van der Waals surface area contributed by atoms with E-state index in [0.717, 1.165) is 5.76 Å². The van der Waals surface area contributed by atoms with Gasteiger partial charge in [-0.15, -0.1) is 0 Å². The van der Waals surface area contributed by atoms with Gasteiger partial charge in [0.1, 0.15) is 19.0 Å². The third-order valence-corrected chi connectivity index (χ3v) is 1.65. The van der Waals surface area contributed by atoms with Gasteiger partial charge in [-0.25, -0.2) is 0 Å². The van der Waals surface area contributed by atoms with Crippen LogP contribution in [0.25, 0.3) is 0 Å². The highest BCUT2D eigenvalue weighted by Crippen LogP contribution is 2.21. The van der Waals surface area contributed by atoms with Gasteiger partial charge in [-0.05, 0) is 12.2 Å². The fourth-order valence-corrected chi connectivity index (χ4v) is 1.13. The summed E-state index contributed by atoms with van der Waals surface area (Å²) in [6.07, 6.45) is 3.54. The highest BCUT2D eigenvalue weighted by atomic mass is 16.6. The zero-order chi connectivity index (χ0) is 7.68. The summed E-state index contributed by atoms with van der Waals surface area (Å²) in [7, 11) is 0. The lowest BCUT2D eigenvalue weighted by Gasteiger charge is -2.21. The van der Waals surface area contributed by atoms with Crippen molar-refractivity contribution in [3.8, 4) is 0 Å². The van der Waals surface area contributed by atoms with Crippen LogP contribution in [-0.4, -0.2) is 19.0 Å². The van der Waals surface area contributed by atoms with Gasteiger partial charge < -0.3 is 9.47 Å². The first-order valence-electron chi connectivity index (χ1n) is 3.56. The molecular formula is C8H8O3. The largest absolute Gasteiger partial charge is 0.490 e. The fraction of sp³-hybridized carbons (Fsp3) is 0.375. The van der Waals surface area contributed by atoms with E-state index < -0.39 is 0 Å². The normalized spacial score (nSPS) is 22.4. The van der Waals surface area contributed by atoms with E-state index in [9.17, 15) is 4.79 Å². The monoisotopic (exact) mass is 152 g/mol. The molecule has 0 bridgehead atoms. The van der Waals surface area contributed by atoms with Gasteiger partial charge >= 0.3 is 0 Å². The Labute approximate surface area is 64.3 Å². The van der Waals surface area contributed by atoms with Crippen molar-refractivity contribution < 1.29 is 14.3 Å². The van der Waals surface area contributed by atoms with E-state index in [-0.39, 0.29) is 5.78 Å². The predicted molar refractivity (Wildman–Crippen MR) is 37.7 cm³/mol. The van der Waals surface area contributed by atoms with E-state index in [2.05, 4.69) is 0 Å². The Kier molecular flexibility index (Phi) is 1.42. The van der Waals surface area contributed by atoms with Crippen LogP contribution in [0.3, 0.4) is 0 Å². The maximum Gasteiger partial charge on any atom is 0.163 e. The zero-order valence-corrected chi connectivity index (χ0v) is 6.00. The minimum Gasteiger partial charge on any atom is -0.490 e. The van der Waals surface area contributed by atoms with Crippen molar-refractivity contribution in [2.24, 2.45) is 0 Å². The van der Waals surface area contributed by atoms with Gasteiger partial charge in [-0.2, -0.15) is 0 Å². The molecule has 0 fully saturated rings. The molecule has 3 heteroatoms. The van der Waals surface area contributed by atoms with Gasteiger partial charge in [-0.1, -0.05) is 0 Å². The molecule has 1 aliphatic carbocycles. The Morgan fingerprint density at radius 2 is 2.00 bits per heavy atom. The summed E-state index contributed by atoms with van der Waals surface area (Å²) in [6.45, 7) is 1.14. The van der Waals surface area contributed by atoms with Gasteiger partial charge in [0.05, 0.1) is 6.42 Å². The molecule has 0 amide bonds. The number of allylic oxidation sites excluding steroid dienone is 3. The summed E-state index contributed by atoms with van der Waals surface area (Å²) < 4.78 is 10.5. The molecule has 1 heterocycles. The van der Waals surface area contributed by atoms with Gasteiger partial charge in [0.25, 0.3) is 0 Å². The summed E-state index contributed by atoms with van der Waals surface area (Å²) in [5.74, 6) is 1.48. The Morgan fingerprint density at radius 1 is 1.18 bits per heavy atom. The molecule has 0 spiro atoms. The van der Waals surface area contributed by atoms with Crippen molar-refractivity contribution in [1.82, 2.24) is 0 Å². The molecule has 3 nitrogen and oxygen atoms in total. The molecular weight excluding hydrogens is 144 g/mol. The zero-order valence-electron chi connectivity index (χ0n) is 6.00. The van der Waals surface area contributed by atoms with Crippen molar-refractivity contribution in [2.45, 2.75) is 6.42 Å². The number of rotatable bonds is 0. The maximum absolute atomic E-state index is 10.9. The molecule has 1 aliphatic heterocycles. The van der Waals surface area contributed by atoms with E-state index >= 15 is 0 Å². The first-order valence-corrected chi connectivity index (χ1v) is 3.56. The summed E-state index contributed by atoms with van der Waals surface area (Å²) in [4.78, 5) is 10.9. The Balaban J connectivity index is 2.26. The lowest BCUT2D eigenvalue weighted by atomic mass is 10.1. The van der Waals surface area contributed by atoms with E-state index in [1.807, 2.05) is 0 Å². The number of carbonyl (C=O) groups is 1. The Morgan fingerprint density at radius 3 is 2.91 bits per heavy atom. The lowest BCUT2D eigenvalue weighted by molar-refractivity contribution is -0.115. The average molecular weight is 152 g/mol. The van der Waals surface area contributed by atoms with E-state index in [1.165, 1.54) is 6.08 Å². The second kappa shape index (κ2) is 2.42. The Hall–Kier alpha value is -1.25. The number of ketones is 1. The highest BCUT2D eigenvalue weighted by molar-refractivity contribution is 5.93. The summed E-state index contributed by atoms with van der Waals surface area (Å²) in [5.41, 5.74) is 0. The maximum atomic E-state index is 10.9. The Bertz CT molecular complexity index is 250. The molecule has 0 radical (unpaired) electrons. The molecule has 0 N–H and O–H groups in total. The average Bonchev–Trinajstić information content (AvgIpc) is 2.04. The van der Waals surface area contributed by atoms with Crippen LogP contribution in [0, 0.1) is 0 Å². The first kappa shape index (κ1) is 6.46. The molecule has 0 unspecified atom stereocenters. The summed E-state index contributed by atoms with van der Waals surface area (Å²) in [5, 5.41) is 0. The molecule has 2 rings (SSSR count). The topological polar surface area (TPSA) is 35.5 Å². The standard InChI is InChI=1S/C8H8O3/c9-6-1-2-7-8(5-6)11-4-3-10-7/h1-2H,3-5H2. The smallest absolute Gasteiger partial charge is 0.163 e. The molecule has 58 valence electrons. The second-order valence-corrected chi connectivity index (χ2v) is 2.46. The van der Waals surface area contributed by atoms with Gasteiger partial charge in [0, 0.05) is 0 Å². The van der Waals surface area contributed by atoms with E-state index in [0.29, 0.717) is 25.4 Å². The van der Waals surface area contributed by atoms with Crippen LogP contribution >= 0.6 is 0 Å². The quantitative estimate of drug-likeness (QED) is 0.514. The van der Waals surface area contributed by atoms with E-state index in [1.54, 1.807) is 6.08 Å². The van der Waals surface area contributed by atoms with Crippen LogP contribution < -0.4 is 0 Å². The van der Waals surface area contributed by atoms with Crippen LogP contribution in [0.1, 0.15) is 6.42 Å². The van der Waals surface area contributed by atoms with Crippen LogP contribution in [0.15, 0.2) is 23.7 Å². The first-order chi connectivity index (χ1) is 5.36. The van der Waals surface area contributed by atoms with Crippen molar-refractivity contribution >= 4 is 5.78 Å². The molecule has 0 aromatic carbocycles. The van der Waals surface area contributed by atoms with E-state index in [4.69, 9.17) is 9.47 Å². The van der Waals surface area contributed by atoms with Crippen molar-refractivity contribution in [2.75, 3.05) is 13.2 Å². The number of hydrogen-bond donors (Lipinski definition) is 0. The van der Waals surface area contributed by atoms with Crippen LogP contribution in [0.2, 0.25) is 0 Å². The van der Waals surface area contributed by atoms with Crippen LogP contribution in [0.4, 0.5) is 0 Å². The summed E-state index contributed by atoms with van der Waals surface area (Å²) in [6, 6.07) is 0. The molecule has 0 aromatic rings. The number of ether oxygens (including phenoxy) is 2. The predicted octanol–water partition coefficient (Wildman–Crippen LogP) is 0.774. The summed E-state index contributed by atoms with van der Waals surface area (Å²) >= 11 is 0.